The Balaban J connectivity index is 0. The van der Waals surface area contributed by atoms with Crippen LogP contribution in [0.15, 0.2) is 0 Å². The van der Waals surface area contributed by atoms with Gasteiger partial charge in [0.05, 0.1) is 59.7 Å². The van der Waals surface area contributed by atoms with Crippen LogP contribution in [0.25, 0.3) is 0 Å². The summed E-state index contributed by atoms with van der Waals surface area (Å²) in [6.45, 7) is 4.45. The minimum absolute atomic E-state index is 0. The van der Waals surface area contributed by atoms with E-state index < -0.39 is 12.2 Å². The molecule has 2 unspecified atom stereocenters. The Hall–Kier alpha value is 0.670. The monoisotopic (exact) mass is 396 g/mol. The molecule has 0 aliphatic rings. The largest absolute Gasteiger partial charge is 0.386 e. The van der Waals surface area contributed by atoms with Gasteiger partial charge in [-0.3, -0.25) is 0 Å². The van der Waals surface area contributed by atoms with Crippen molar-refractivity contribution in [3.8, 4) is 0 Å². The Kier molecular flexibility index (Phi) is 14.6. The van der Waals surface area contributed by atoms with Crippen molar-refractivity contribution in [2.45, 2.75) is 18.6 Å². The average molecular weight is 398 g/mol. The molecule has 2 atom stereocenters. The molecule has 0 aromatic rings. The smallest absolute Gasteiger partial charge is 0.116 e. The molecule has 0 rings (SSSR count). The van der Waals surface area contributed by atoms with Gasteiger partial charge in [-0.15, -0.1) is 35.6 Å². The number of rotatable bonds is 13. The lowest BCUT2D eigenvalue weighted by Crippen LogP contribution is -2.48. The Morgan fingerprint density at radius 2 is 1.26 bits per heavy atom. The number of alkyl halides is 2. The first-order chi connectivity index (χ1) is 10.1. The number of likely N-dealkylation sites (N-methyl/N-ethyl adjacent to an activating group) is 2. The minimum Gasteiger partial charge on any atom is -0.386 e. The molecule has 0 aromatic heterocycles. The number of ether oxygens (including phenoxy) is 1. The summed E-state index contributed by atoms with van der Waals surface area (Å²) >= 11 is 11.3. The Labute approximate surface area is 157 Å². The van der Waals surface area contributed by atoms with Gasteiger partial charge in [-0.25, -0.2) is 0 Å². The molecule has 142 valence electrons. The molecule has 0 saturated carbocycles. The predicted octanol–water partition coefficient (Wildman–Crippen LogP) is 1.17. The van der Waals surface area contributed by atoms with E-state index in [0.29, 0.717) is 30.8 Å². The van der Waals surface area contributed by atoms with Gasteiger partial charge in [-0.2, -0.15) is 0 Å². The van der Waals surface area contributed by atoms with Gasteiger partial charge in [0.2, 0.25) is 0 Å². The quantitative estimate of drug-likeness (QED) is 0.279. The van der Waals surface area contributed by atoms with Crippen LogP contribution in [0.5, 0.6) is 0 Å². The summed E-state index contributed by atoms with van der Waals surface area (Å²) in [5.74, 6) is 0.545. The van der Waals surface area contributed by atoms with Gasteiger partial charge in [-0.1, -0.05) is 0 Å². The second-order valence-corrected chi connectivity index (χ2v) is 7.88. The standard InChI is InChI=1S/C15H34Cl2N2O3.ClH/c1-18(2,12-14(20)10-16)6-5-8-22-9-7-19(3,4)13-15(21)11-17;/h14-15,20-21H,5-13H2,1-4H3;1H/q+2;. The van der Waals surface area contributed by atoms with Crippen LogP contribution in [0.2, 0.25) is 0 Å². The fourth-order valence-corrected chi connectivity index (χ4v) is 2.62. The van der Waals surface area contributed by atoms with Crippen molar-refractivity contribution in [3.05, 3.63) is 0 Å². The second-order valence-electron chi connectivity index (χ2n) is 7.27. The Bertz CT molecular complexity index is 267. The number of nitrogens with zero attached hydrogens (tertiary/aromatic N) is 2. The van der Waals surface area contributed by atoms with Crippen LogP contribution in [0.1, 0.15) is 6.42 Å². The SMILES string of the molecule is C[N+](C)(CCCOCC[N+](C)(C)CC(O)CCl)CC(O)CCl.Cl. The summed E-state index contributed by atoms with van der Waals surface area (Å²) in [7, 11) is 8.30. The first-order valence-electron chi connectivity index (χ1n) is 7.82. The maximum absolute atomic E-state index is 9.61. The molecule has 8 heteroatoms. The molecule has 0 aliphatic heterocycles. The molecule has 0 saturated heterocycles. The van der Waals surface area contributed by atoms with Crippen molar-refractivity contribution in [2.24, 2.45) is 0 Å². The van der Waals surface area contributed by atoms with Gasteiger partial charge in [0.25, 0.3) is 0 Å². The van der Waals surface area contributed by atoms with Crippen molar-refractivity contribution in [3.63, 3.8) is 0 Å². The highest BCUT2D eigenvalue weighted by Crippen LogP contribution is 2.04. The van der Waals surface area contributed by atoms with Crippen LogP contribution in [0.3, 0.4) is 0 Å². The van der Waals surface area contributed by atoms with Gasteiger partial charge < -0.3 is 23.9 Å². The molecule has 0 radical (unpaired) electrons. The van der Waals surface area contributed by atoms with Crippen LogP contribution in [0, 0.1) is 0 Å². The Morgan fingerprint density at radius 3 is 1.70 bits per heavy atom. The highest BCUT2D eigenvalue weighted by Gasteiger charge is 2.21. The maximum Gasteiger partial charge on any atom is 0.116 e. The van der Waals surface area contributed by atoms with E-state index >= 15 is 0 Å². The van der Waals surface area contributed by atoms with Crippen LogP contribution < -0.4 is 0 Å². The van der Waals surface area contributed by atoms with Crippen molar-refractivity contribution in [1.82, 2.24) is 0 Å². The van der Waals surface area contributed by atoms with Crippen molar-refractivity contribution in [1.29, 1.82) is 0 Å². The van der Waals surface area contributed by atoms with Crippen LogP contribution in [-0.4, -0.2) is 111 Å². The minimum atomic E-state index is -0.469. The van der Waals surface area contributed by atoms with E-state index in [9.17, 15) is 10.2 Å². The van der Waals surface area contributed by atoms with E-state index in [1.165, 1.54) is 0 Å². The van der Waals surface area contributed by atoms with Gasteiger partial charge in [0, 0.05) is 6.42 Å². The van der Waals surface area contributed by atoms with Crippen LogP contribution >= 0.6 is 35.6 Å². The van der Waals surface area contributed by atoms with E-state index in [-0.39, 0.29) is 24.2 Å². The van der Waals surface area contributed by atoms with Crippen LogP contribution in [-0.2, 0) is 4.74 Å². The topological polar surface area (TPSA) is 49.7 Å². The molecule has 0 fully saturated rings. The van der Waals surface area contributed by atoms with Gasteiger partial charge in [0.1, 0.15) is 31.8 Å². The number of aliphatic hydroxyl groups is 2. The first-order valence-corrected chi connectivity index (χ1v) is 8.88. The molecule has 0 bridgehead atoms. The Morgan fingerprint density at radius 1 is 0.826 bits per heavy atom. The van der Waals surface area contributed by atoms with E-state index in [4.69, 9.17) is 27.9 Å². The molecule has 0 aromatic carbocycles. The fraction of sp³-hybridized carbons (Fsp3) is 1.00. The normalized spacial score (nSPS) is 15.1. The third kappa shape index (κ3) is 14.7. The summed E-state index contributed by atoms with van der Waals surface area (Å²) in [4.78, 5) is 0. The summed E-state index contributed by atoms with van der Waals surface area (Å²) in [6.07, 6.45) is 0.0203. The number of aliphatic hydroxyl groups excluding tert-OH is 2. The van der Waals surface area contributed by atoms with E-state index in [0.717, 1.165) is 24.0 Å². The molecular formula is C15H35Cl3N2O3+2. The van der Waals surface area contributed by atoms with E-state index in [1.54, 1.807) is 0 Å². The summed E-state index contributed by atoms with van der Waals surface area (Å²) < 4.78 is 7.11. The molecule has 0 spiro atoms. The van der Waals surface area contributed by atoms with Gasteiger partial charge in [0.15, 0.2) is 0 Å². The summed E-state index contributed by atoms with van der Waals surface area (Å²) in [5.41, 5.74) is 0. The lowest BCUT2D eigenvalue weighted by molar-refractivity contribution is -0.894. The number of halogens is 3. The van der Waals surface area contributed by atoms with Gasteiger partial charge in [-0.05, 0) is 0 Å². The molecular weight excluding hydrogens is 363 g/mol. The molecule has 0 aliphatic carbocycles. The van der Waals surface area contributed by atoms with Crippen molar-refractivity contribution < 1.29 is 23.9 Å². The number of hydrogen-bond donors (Lipinski definition) is 2. The van der Waals surface area contributed by atoms with Gasteiger partial charge >= 0.3 is 0 Å². The number of hydrogen-bond acceptors (Lipinski definition) is 3. The van der Waals surface area contributed by atoms with Crippen molar-refractivity contribution in [2.75, 3.05) is 79.3 Å². The first kappa shape index (κ1) is 25.9. The van der Waals surface area contributed by atoms with Crippen molar-refractivity contribution >= 4 is 35.6 Å². The van der Waals surface area contributed by atoms with E-state index in [2.05, 4.69) is 28.2 Å². The third-order valence-corrected chi connectivity index (χ3v) is 4.37. The summed E-state index contributed by atoms with van der Waals surface area (Å²) in [5, 5.41) is 19.2. The lowest BCUT2D eigenvalue weighted by atomic mass is 10.3. The average Bonchev–Trinajstić information content (AvgIpc) is 2.41. The van der Waals surface area contributed by atoms with Crippen LogP contribution in [0.4, 0.5) is 0 Å². The molecule has 23 heavy (non-hydrogen) atoms. The zero-order valence-corrected chi connectivity index (χ0v) is 17.2. The highest BCUT2D eigenvalue weighted by atomic mass is 35.5. The summed E-state index contributed by atoms with van der Waals surface area (Å²) in [6, 6.07) is 0. The molecule has 0 amide bonds. The fourth-order valence-electron chi connectivity index (χ4n) is 2.43. The second kappa shape index (κ2) is 13.0. The zero-order valence-electron chi connectivity index (χ0n) is 14.9. The highest BCUT2D eigenvalue weighted by molar-refractivity contribution is 6.18. The zero-order chi connectivity index (χ0) is 17.2. The molecule has 2 N–H and O–H groups in total. The molecule has 0 heterocycles. The third-order valence-electron chi connectivity index (χ3n) is 3.66. The molecule has 5 nitrogen and oxygen atoms in total. The van der Waals surface area contributed by atoms with E-state index in [1.807, 2.05) is 0 Å². The number of quaternary nitrogens is 2. The predicted molar refractivity (Wildman–Crippen MR) is 99.8 cm³/mol. The maximum atomic E-state index is 9.61. The lowest BCUT2D eigenvalue weighted by Gasteiger charge is -2.32.